The van der Waals surface area contributed by atoms with Crippen LogP contribution >= 0.6 is 15.9 Å². The standard InChI is InChI=1S/C15H21BrN2O/c1-12(19)17-10-13-6-8-18(9-7-13)11-14-2-4-15(16)5-3-14/h2-5,13H,6-11H2,1H3,(H,17,19). The zero-order chi connectivity index (χ0) is 13.7. The number of nitrogens with one attached hydrogen (secondary N) is 1. The van der Waals surface area contributed by atoms with Crippen molar-refractivity contribution in [2.24, 2.45) is 5.92 Å². The molecule has 1 amide bonds. The summed E-state index contributed by atoms with van der Waals surface area (Å²) < 4.78 is 1.13. The van der Waals surface area contributed by atoms with E-state index >= 15 is 0 Å². The molecule has 1 heterocycles. The molecule has 1 aromatic rings. The van der Waals surface area contributed by atoms with Crippen LogP contribution in [0.1, 0.15) is 25.3 Å². The molecule has 1 aliphatic heterocycles. The topological polar surface area (TPSA) is 32.3 Å². The van der Waals surface area contributed by atoms with E-state index in [1.807, 2.05) is 0 Å². The molecule has 1 aliphatic rings. The van der Waals surface area contributed by atoms with Gasteiger partial charge in [-0.1, -0.05) is 28.1 Å². The molecule has 0 bridgehead atoms. The Morgan fingerprint density at radius 3 is 2.53 bits per heavy atom. The number of likely N-dealkylation sites (tertiary alicyclic amines) is 1. The Bertz CT molecular complexity index is 411. The molecule has 19 heavy (non-hydrogen) atoms. The first kappa shape index (κ1) is 14.5. The minimum atomic E-state index is 0.0808. The summed E-state index contributed by atoms with van der Waals surface area (Å²) in [6.45, 7) is 5.70. The average Bonchev–Trinajstić information content (AvgIpc) is 2.40. The van der Waals surface area contributed by atoms with Gasteiger partial charge in [-0.2, -0.15) is 0 Å². The fourth-order valence-corrected chi connectivity index (χ4v) is 2.75. The molecule has 0 spiro atoms. The van der Waals surface area contributed by atoms with Crippen molar-refractivity contribution in [3.8, 4) is 0 Å². The lowest BCUT2D eigenvalue weighted by molar-refractivity contribution is -0.119. The highest BCUT2D eigenvalue weighted by molar-refractivity contribution is 9.10. The van der Waals surface area contributed by atoms with Crippen molar-refractivity contribution in [3.63, 3.8) is 0 Å². The van der Waals surface area contributed by atoms with Crippen molar-refractivity contribution in [3.05, 3.63) is 34.3 Å². The summed E-state index contributed by atoms with van der Waals surface area (Å²) in [6.07, 6.45) is 2.35. The first-order valence-electron chi connectivity index (χ1n) is 6.85. The van der Waals surface area contributed by atoms with Crippen LogP contribution in [0, 0.1) is 5.92 Å². The normalized spacial score (nSPS) is 17.4. The summed E-state index contributed by atoms with van der Waals surface area (Å²) in [5, 5.41) is 2.92. The maximum Gasteiger partial charge on any atom is 0.216 e. The molecule has 0 atom stereocenters. The van der Waals surface area contributed by atoms with E-state index in [1.54, 1.807) is 6.92 Å². The van der Waals surface area contributed by atoms with Crippen LogP contribution in [0.5, 0.6) is 0 Å². The van der Waals surface area contributed by atoms with Crippen molar-refractivity contribution in [2.45, 2.75) is 26.3 Å². The molecule has 0 aromatic heterocycles. The number of amides is 1. The fourth-order valence-electron chi connectivity index (χ4n) is 2.48. The van der Waals surface area contributed by atoms with E-state index in [4.69, 9.17) is 0 Å². The third-order valence-electron chi connectivity index (χ3n) is 3.67. The molecular weight excluding hydrogens is 304 g/mol. The van der Waals surface area contributed by atoms with E-state index in [0.717, 1.165) is 30.7 Å². The van der Waals surface area contributed by atoms with Gasteiger partial charge in [0, 0.05) is 24.5 Å². The van der Waals surface area contributed by atoms with Crippen molar-refractivity contribution in [2.75, 3.05) is 19.6 Å². The second-order valence-corrected chi connectivity index (χ2v) is 6.20. The van der Waals surface area contributed by atoms with Gasteiger partial charge in [-0.15, -0.1) is 0 Å². The number of hydrogen-bond donors (Lipinski definition) is 1. The Morgan fingerprint density at radius 2 is 1.95 bits per heavy atom. The molecule has 104 valence electrons. The van der Waals surface area contributed by atoms with Gasteiger partial charge in [0.2, 0.25) is 5.91 Å². The van der Waals surface area contributed by atoms with Crippen LogP contribution in [0.15, 0.2) is 28.7 Å². The van der Waals surface area contributed by atoms with E-state index in [-0.39, 0.29) is 5.91 Å². The highest BCUT2D eigenvalue weighted by atomic mass is 79.9. The van der Waals surface area contributed by atoms with Gasteiger partial charge in [-0.25, -0.2) is 0 Å². The lowest BCUT2D eigenvalue weighted by Crippen LogP contribution is -2.37. The Hall–Kier alpha value is -0.870. The van der Waals surface area contributed by atoms with Gasteiger partial charge in [-0.3, -0.25) is 9.69 Å². The molecule has 0 aliphatic carbocycles. The van der Waals surface area contributed by atoms with Crippen LogP contribution < -0.4 is 5.32 Å². The van der Waals surface area contributed by atoms with Crippen molar-refractivity contribution < 1.29 is 4.79 Å². The smallest absolute Gasteiger partial charge is 0.216 e. The van der Waals surface area contributed by atoms with Gasteiger partial charge < -0.3 is 5.32 Å². The number of rotatable bonds is 4. The number of halogens is 1. The van der Waals surface area contributed by atoms with Crippen LogP contribution in [0.3, 0.4) is 0 Å². The number of hydrogen-bond acceptors (Lipinski definition) is 2. The minimum Gasteiger partial charge on any atom is -0.356 e. The number of benzene rings is 1. The highest BCUT2D eigenvalue weighted by Crippen LogP contribution is 2.19. The second kappa shape index (κ2) is 7.06. The third kappa shape index (κ3) is 4.96. The summed E-state index contributed by atoms with van der Waals surface area (Å²) in [5.41, 5.74) is 1.36. The van der Waals surface area contributed by atoms with Crippen LogP contribution in [0.4, 0.5) is 0 Å². The summed E-state index contributed by atoms with van der Waals surface area (Å²) >= 11 is 3.46. The molecule has 1 fully saturated rings. The second-order valence-electron chi connectivity index (χ2n) is 5.28. The Balaban J connectivity index is 1.74. The highest BCUT2D eigenvalue weighted by Gasteiger charge is 2.19. The first-order chi connectivity index (χ1) is 9.13. The molecule has 0 radical (unpaired) electrons. The quantitative estimate of drug-likeness (QED) is 0.923. The van der Waals surface area contributed by atoms with Gasteiger partial charge in [0.1, 0.15) is 0 Å². The lowest BCUT2D eigenvalue weighted by Gasteiger charge is -2.32. The Morgan fingerprint density at radius 1 is 1.32 bits per heavy atom. The SMILES string of the molecule is CC(=O)NCC1CCN(Cc2ccc(Br)cc2)CC1. The maximum absolute atomic E-state index is 10.9. The van der Waals surface area contributed by atoms with Gasteiger partial charge in [0.25, 0.3) is 0 Å². The van der Waals surface area contributed by atoms with E-state index in [0.29, 0.717) is 5.92 Å². The largest absolute Gasteiger partial charge is 0.356 e. The minimum absolute atomic E-state index is 0.0808. The number of nitrogens with zero attached hydrogens (tertiary/aromatic N) is 1. The van der Waals surface area contributed by atoms with E-state index < -0.39 is 0 Å². The zero-order valence-electron chi connectivity index (χ0n) is 11.4. The van der Waals surface area contributed by atoms with Gasteiger partial charge in [-0.05, 0) is 49.5 Å². The van der Waals surface area contributed by atoms with Gasteiger partial charge in [0.15, 0.2) is 0 Å². The van der Waals surface area contributed by atoms with Crippen LogP contribution in [0.2, 0.25) is 0 Å². The van der Waals surface area contributed by atoms with Gasteiger partial charge >= 0.3 is 0 Å². The summed E-state index contributed by atoms with van der Waals surface area (Å²) in [7, 11) is 0. The molecular formula is C15H21BrN2O. The van der Waals surface area contributed by atoms with Crippen molar-refractivity contribution >= 4 is 21.8 Å². The van der Waals surface area contributed by atoms with E-state index in [1.165, 1.54) is 18.4 Å². The lowest BCUT2D eigenvalue weighted by atomic mass is 9.96. The third-order valence-corrected chi connectivity index (χ3v) is 4.19. The Labute approximate surface area is 123 Å². The fraction of sp³-hybridized carbons (Fsp3) is 0.533. The van der Waals surface area contributed by atoms with E-state index in [2.05, 4.69) is 50.4 Å². The molecule has 1 N–H and O–H groups in total. The van der Waals surface area contributed by atoms with Crippen molar-refractivity contribution in [1.82, 2.24) is 10.2 Å². The monoisotopic (exact) mass is 324 g/mol. The van der Waals surface area contributed by atoms with Gasteiger partial charge in [0.05, 0.1) is 0 Å². The molecule has 1 saturated heterocycles. The average molecular weight is 325 g/mol. The molecule has 1 aromatic carbocycles. The predicted octanol–water partition coefficient (Wildman–Crippen LogP) is 2.80. The van der Waals surface area contributed by atoms with Crippen LogP contribution in [-0.4, -0.2) is 30.4 Å². The maximum atomic E-state index is 10.9. The number of carbonyl (C=O) groups excluding carboxylic acids is 1. The summed E-state index contributed by atoms with van der Waals surface area (Å²) in [4.78, 5) is 13.4. The zero-order valence-corrected chi connectivity index (χ0v) is 12.9. The predicted molar refractivity (Wildman–Crippen MR) is 80.8 cm³/mol. The Kier molecular flexibility index (Phi) is 5.40. The van der Waals surface area contributed by atoms with E-state index in [9.17, 15) is 4.79 Å². The molecule has 4 heteroatoms. The molecule has 2 rings (SSSR count). The number of piperidine rings is 1. The van der Waals surface area contributed by atoms with Crippen LogP contribution in [0.25, 0.3) is 0 Å². The summed E-state index contributed by atoms with van der Waals surface area (Å²) in [5.74, 6) is 0.724. The number of carbonyl (C=O) groups is 1. The first-order valence-corrected chi connectivity index (χ1v) is 7.64. The summed E-state index contributed by atoms with van der Waals surface area (Å²) in [6, 6.07) is 8.54. The molecule has 3 nitrogen and oxygen atoms in total. The van der Waals surface area contributed by atoms with Crippen LogP contribution in [-0.2, 0) is 11.3 Å². The molecule has 0 saturated carbocycles. The molecule has 0 unspecified atom stereocenters. The van der Waals surface area contributed by atoms with Crippen molar-refractivity contribution in [1.29, 1.82) is 0 Å².